The Bertz CT molecular complexity index is 812. The van der Waals surface area contributed by atoms with Crippen molar-refractivity contribution in [1.29, 1.82) is 0 Å². The Morgan fingerprint density at radius 1 is 1.39 bits per heavy atom. The molecular weight excluding hydrogens is 332 g/mol. The quantitative estimate of drug-likeness (QED) is 0.708. The van der Waals surface area contributed by atoms with Crippen LogP contribution in [0, 0.1) is 0 Å². The molecule has 23 heavy (non-hydrogen) atoms. The third-order valence-electron chi connectivity index (χ3n) is 3.61. The van der Waals surface area contributed by atoms with Gasteiger partial charge in [-0.1, -0.05) is 25.4 Å². The van der Waals surface area contributed by atoms with E-state index in [0.29, 0.717) is 23.5 Å². The molecule has 1 aromatic carbocycles. The minimum Gasteiger partial charge on any atom is -0.395 e. The van der Waals surface area contributed by atoms with Gasteiger partial charge in [-0.25, -0.2) is 9.97 Å². The van der Waals surface area contributed by atoms with Gasteiger partial charge >= 0.3 is 0 Å². The molecule has 5 nitrogen and oxygen atoms in total. The topological polar surface area (TPSA) is 63.0 Å². The van der Waals surface area contributed by atoms with Crippen molar-refractivity contribution in [2.45, 2.75) is 32.9 Å². The van der Waals surface area contributed by atoms with E-state index in [2.05, 4.69) is 28.7 Å². The molecule has 0 radical (unpaired) electrons. The predicted octanol–water partition coefficient (Wildman–Crippen LogP) is 3.87. The van der Waals surface area contributed by atoms with E-state index in [1.165, 1.54) is 11.3 Å². The summed E-state index contributed by atoms with van der Waals surface area (Å²) in [5.41, 5.74) is 2.99. The van der Waals surface area contributed by atoms with E-state index >= 15 is 0 Å². The van der Waals surface area contributed by atoms with Gasteiger partial charge in [0.25, 0.3) is 0 Å². The standard InChI is InChI=1S/C16H19ClN4OS/c1-10(2)15-20-13-7-11(3-4-14(13)21(15)5-6-22)18-8-12-9-19-16(17)23-12/h3-4,7,9-10,18,22H,5-6,8H2,1-2H3. The van der Waals surface area contributed by atoms with Gasteiger partial charge < -0.3 is 15.0 Å². The zero-order chi connectivity index (χ0) is 16.4. The molecular formula is C16H19ClN4OS. The molecule has 0 bridgehead atoms. The molecule has 3 aromatic rings. The van der Waals surface area contributed by atoms with Crippen LogP contribution in [0.3, 0.4) is 0 Å². The number of imidazole rings is 1. The number of aliphatic hydroxyl groups is 1. The number of benzene rings is 1. The molecule has 0 aliphatic heterocycles. The molecule has 7 heteroatoms. The van der Waals surface area contributed by atoms with Crippen LogP contribution in [0.2, 0.25) is 4.47 Å². The van der Waals surface area contributed by atoms with Crippen molar-refractivity contribution in [3.05, 3.63) is 39.6 Å². The zero-order valence-corrected chi connectivity index (χ0v) is 14.7. The Hall–Kier alpha value is -1.63. The number of hydrogen-bond donors (Lipinski definition) is 2. The van der Waals surface area contributed by atoms with Crippen LogP contribution < -0.4 is 5.32 Å². The van der Waals surface area contributed by atoms with E-state index in [0.717, 1.165) is 27.4 Å². The van der Waals surface area contributed by atoms with E-state index in [1.54, 1.807) is 6.20 Å². The highest BCUT2D eigenvalue weighted by Gasteiger charge is 2.13. The zero-order valence-electron chi connectivity index (χ0n) is 13.1. The molecule has 0 atom stereocenters. The van der Waals surface area contributed by atoms with Crippen molar-refractivity contribution < 1.29 is 5.11 Å². The van der Waals surface area contributed by atoms with Crippen molar-refractivity contribution in [1.82, 2.24) is 14.5 Å². The van der Waals surface area contributed by atoms with Crippen LogP contribution in [0.5, 0.6) is 0 Å². The summed E-state index contributed by atoms with van der Waals surface area (Å²) in [6.07, 6.45) is 1.78. The fraction of sp³-hybridized carbons (Fsp3) is 0.375. The van der Waals surface area contributed by atoms with Gasteiger partial charge in [0.1, 0.15) is 5.82 Å². The Labute approximate surface area is 144 Å². The highest BCUT2D eigenvalue weighted by molar-refractivity contribution is 7.15. The Balaban J connectivity index is 1.86. The first-order chi connectivity index (χ1) is 11.1. The molecule has 2 heterocycles. The summed E-state index contributed by atoms with van der Waals surface area (Å²) in [6, 6.07) is 6.12. The van der Waals surface area contributed by atoms with E-state index < -0.39 is 0 Å². The predicted molar refractivity (Wildman–Crippen MR) is 95.4 cm³/mol. The van der Waals surface area contributed by atoms with Gasteiger partial charge in [0.2, 0.25) is 0 Å². The molecule has 0 amide bonds. The lowest BCUT2D eigenvalue weighted by Gasteiger charge is -2.09. The Morgan fingerprint density at radius 2 is 2.22 bits per heavy atom. The summed E-state index contributed by atoms with van der Waals surface area (Å²) < 4.78 is 2.65. The smallest absolute Gasteiger partial charge is 0.183 e. The first kappa shape index (κ1) is 16.2. The number of aliphatic hydroxyl groups excluding tert-OH is 1. The maximum absolute atomic E-state index is 9.29. The second-order valence-corrected chi connectivity index (χ2v) is 7.33. The van der Waals surface area contributed by atoms with Gasteiger partial charge in [-0.05, 0) is 18.2 Å². The molecule has 3 rings (SSSR count). The number of nitrogens with one attached hydrogen (secondary N) is 1. The highest BCUT2D eigenvalue weighted by atomic mass is 35.5. The highest BCUT2D eigenvalue weighted by Crippen LogP contribution is 2.25. The molecule has 0 saturated carbocycles. The van der Waals surface area contributed by atoms with E-state index in [4.69, 9.17) is 16.6 Å². The van der Waals surface area contributed by atoms with Gasteiger partial charge in [-0.15, -0.1) is 11.3 Å². The third kappa shape index (κ3) is 3.49. The van der Waals surface area contributed by atoms with E-state index in [1.807, 2.05) is 18.2 Å². The first-order valence-electron chi connectivity index (χ1n) is 7.53. The Morgan fingerprint density at radius 3 is 2.87 bits per heavy atom. The van der Waals surface area contributed by atoms with Crippen molar-refractivity contribution in [3.63, 3.8) is 0 Å². The largest absolute Gasteiger partial charge is 0.395 e. The summed E-state index contributed by atoms with van der Waals surface area (Å²) in [4.78, 5) is 9.86. The second-order valence-electron chi connectivity index (χ2n) is 5.64. The molecule has 0 aliphatic carbocycles. The first-order valence-corrected chi connectivity index (χ1v) is 8.73. The van der Waals surface area contributed by atoms with E-state index in [9.17, 15) is 5.11 Å². The SMILES string of the molecule is CC(C)c1nc2cc(NCc3cnc(Cl)s3)ccc2n1CCO. The van der Waals surface area contributed by atoms with Gasteiger partial charge in [0.15, 0.2) is 4.47 Å². The number of nitrogens with zero attached hydrogens (tertiary/aromatic N) is 3. The van der Waals surface area contributed by atoms with E-state index in [-0.39, 0.29) is 6.61 Å². The van der Waals surface area contributed by atoms with Crippen molar-refractivity contribution in [2.75, 3.05) is 11.9 Å². The number of aromatic nitrogens is 3. The fourth-order valence-corrected chi connectivity index (χ4v) is 3.51. The fourth-order valence-electron chi connectivity index (χ4n) is 2.59. The van der Waals surface area contributed by atoms with Gasteiger partial charge in [0.05, 0.1) is 24.2 Å². The molecule has 0 spiro atoms. The summed E-state index contributed by atoms with van der Waals surface area (Å²) in [6.45, 7) is 5.58. The lowest BCUT2D eigenvalue weighted by Crippen LogP contribution is -2.08. The van der Waals surface area contributed by atoms with Crippen LogP contribution in [0.25, 0.3) is 11.0 Å². The summed E-state index contributed by atoms with van der Waals surface area (Å²) in [5, 5.41) is 12.7. The minimum atomic E-state index is 0.108. The van der Waals surface area contributed by atoms with Crippen LogP contribution in [0.1, 0.15) is 30.5 Å². The molecule has 122 valence electrons. The summed E-state index contributed by atoms with van der Waals surface area (Å²) in [7, 11) is 0. The normalized spacial score (nSPS) is 11.5. The van der Waals surface area contributed by atoms with Gasteiger partial charge in [-0.2, -0.15) is 0 Å². The number of halogens is 1. The van der Waals surface area contributed by atoms with Gasteiger partial charge in [0, 0.05) is 29.2 Å². The van der Waals surface area contributed by atoms with Crippen molar-refractivity contribution in [3.8, 4) is 0 Å². The number of fused-ring (bicyclic) bond motifs is 1. The third-order valence-corrected chi connectivity index (χ3v) is 4.72. The van der Waals surface area contributed by atoms with Crippen molar-refractivity contribution >= 4 is 39.7 Å². The van der Waals surface area contributed by atoms with Crippen molar-refractivity contribution in [2.24, 2.45) is 0 Å². The van der Waals surface area contributed by atoms with Crippen LogP contribution in [-0.2, 0) is 13.1 Å². The molecule has 0 saturated heterocycles. The molecule has 2 N–H and O–H groups in total. The Kier molecular flexibility index (Phi) is 4.84. The monoisotopic (exact) mass is 350 g/mol. The van der Waals surface area contributed by atoms with Crippen LogP contribution in [0.4, 0.5) is 5.69 Å². The number of rotatable bonds is 6. The average molecular weight is 351 g/mol. The summed E-state index contributed by atoms with van der Waals surface area (Å²) >= 11 is 7.32. The number of anilines is 1. The number of hydrogen-bond acceptors (Lipinski definition) is 5. The second kappa shape index (κ2) is 6.86. The van der Waals surface area contributed by atoms with Crippen LogP contribution in [-0.4, -0.2) is 26.2 Å². The van der Waals surface area contributed by atoms with Crippen LogP contribution in [0.15, 0.2) is 24.4 Å². The molecule has 0 aliphatic rings. The maximum atomic E-state index is 9.29. The summed E-state index contributed by atoms with van der Waals surface area (Å²) in [5.74, 6) is 1.31. The lowest BCUT2D eigenvalue weighted by molar-refractivity contribution is 0.275. The lowest BCUT2D eigenvalue weighted by atomic mass is 10.2. The minimum absolute atomic E-state index is 0.108. The molecule has 2 aromatic heterocycles. The van der Waals surface area contributed by atoms with Crippen LogP contribution >= 0.6 is 22.9 Å². The molecule has 0 fully saturated rings. The maximum Gasteiger partial charge on any atom is 0.183 e. The number of thiazole rings is 1. The average Bonchev–Trinajstić information content (AvgIpc) is 3.09. The van der Waals surface area contributed by atoms with Gasteiger partial charge in [-0.3, -0.25) is 0 Å². The molecule has 0 unspecified atom stereocenters.